The number of benzene rings is 1. The van der Waals surface area contributed by atoms with Gasteiger partial charge in [-0.25, -0.2) is 4.98 Å². The van der Waals surface area contributed by atoms with Crippen molar-refractivity contribution in [2.45, 2.75) is 18.2 Å². The molecule has 0 aliphatic carbocycles. The fourth-order valence-corrected chi connectivity index (χ4v) is 2.93. The molecule has 1 aromatic carbocycles. The van der Waals surface area contributed by atoms with E-state index < -0.39 is 0 Å². The summed E-state index contributed by atoms with van der Waals surface area (Å²) in [6.45, 7) is 1.86. The van der Waals surface area contributed by atoms with Crippen LogP contribution < -0.4 is 5.32 Å². The fourth-order valence-electron chi connectivity index (χ4n) is 2.43. The number of hydrogen-bond acceptors (Lipinski definition) is 4. The Morgan fingerprint density at radius 2 is 2.22 bits per heavy atom. The van der Waals surface area contributed by atoms with Crippen molar-refractivity contribution in [2.24, 2.45) is 7.05 Å². The molecule has 2 aromatic heterocycles. The first kappa shape index (κ1) is 16.0. The molecule has 0 saturated heterocycles. The average Bonchev–Trinajstić information content (AvgIpc) is 3.13. The maximum absolute atomic E-state index is 12.5. The Kier molecular flexibility index (Phi) is 4.37. The van der Waals surface area contributed by atoms with E-state index in [0.29, 0.717) is 21.7 Å². The minimum Gasteiger partial charge on any atom is -0.434 e. The lowest BCUT2D eigenvalue weighted by atomic mass is 10.2. The third-order valence-electron chi connectivity index (χ3n) is 3.69. The van der Waals surface area contributed by atoms with E-state index in [1.807, 2.05) is 49.1 Å². The Morgan fingerprint density at radius 1 is 1.43 bits per heavy atom. The number of nitrogens with one attached hydrogen (secondary N) is 1. The molecule has 1 amide bonds. The van der Waals surface area contributed by atoms with E-state index >= 15 is 0 Å². The van der Waals surface area contributed by atoms with Crippen LogP contribution in [0.15, 0.2) is 40.1 Å². The topological polar surface area (TPSA) is 60.1 Å². The number of hydrogen-bond donors (Lipinski definition) is 1. The molecule has 2 heterocycles. The molecule has 1 unspecified atom stereocenters. The Labute approximate surface area is 143 Å². The van der Waals surface area contributed by atoms with E-state index in [-0.39, 0.29) is 11.9 Å². The summed E-state index contributed by atoms with van der Waals surface area (Å²) in [5.41, 5.74) is 1.48. The van der Waals surface area contributed by atoms with Crippen LogP contribution in [-0.4, -0.2) is 21.7 Å². The summed E-state index contributed by atoms with van der Waals surface area (Å²) in [7, 11) is 1.85. The van der Waals surface area contributed by atoms with Gasteiger partial charge in [-0.15, -0.1) is 0 Å². The zero-order valence-electron chi connectivity index (χ0n) is 13.0. The number of amides is 1. The summed E-state index contributed by atoms with van der Waals surface area (Å²) >= 11 is 7.45. The normalized spacial score (nSPS) is 12.5. The predicted octanol–water partition coefficient (Wildman–Crippen LogP) is 4.03. The summed E-state index contributed by atoms with van der Waals surface area (Å²) in [4.78, 5) is 16.7. The van der Waals surface area contributed by atoms with Gasteiger partial charge >= 0.3 is 0 Å². The van der Waals surface area contributed by atoms with E-state index in [9.17, 15) is 4.79 Å². The van der Waals surface area contributed by atoms with Gasteiger partial charge in [-0.2, -0.15) is 0 Å². The number of carbonyl (C=O) groups excluding carboxylic acids is 1. The Balaban J connectivity index is 1.84. The predicted molar refractivity (Wildman–Crippen MR) is 92.1 cm³/mol. The molecule has 3 aromatic rings. The summed E-state index contributed by atoms with van der Waals surface area (Å²) in [5, 5.41) is 5.13. The van der Waals surface area contributed by atoms with Crippen LogP contribution >= 0.6 is 23.4 Å². The second kappa shape index (κ2) is 6.29. The highest BCUT2D eigenvalue weighted by Crippen LogP contribution is 2.24. The molecule has 23 heavy (non-hydrogen) atoms. The molecular formula is C16H16ClN3O2S. The van der Waals surface area contributed by atoms with Gasteiger partial charge in [-0.1, -0.05) is 29.4 Å². The molecule has 1 N–H and O–H groups in total. The third-order valence-corrected chi connectivity index (χ3v) is 4.46. The zero-order valence-corrected chi connectivity index (χ0v) is 14.5. The largest absolute Gasteiger partial charge is 0.434 e. The van der Waals surface area contributed by atoms with E-state index in [4.69, 9.17) is 16.0 Å². The molecule has 0 aliphatic heterocycles. The van der Waals surface area contributed by atoms with Crippen LogP contribution in [0.3, 0.4) is 0 Å². The molecule has 0 spiro atoms. The van der Waals surface area contributed by atoms with Gasteiger partial charge in [0, 0.05) is 23.0 Å². The number of aryl methyl sites for hydroxylation is 1. The van der Waals surface area contributed by atoms with E-state index in [1.165, 1.54) is 11.8 Å². The molecule has 0 bridgehead atoms. The monoisotopic (exact) mass is 349 g/mol. The first-order chi connectivity index (χ1) is 11.0. The van der Waals surface area contributed by atoms with Crippen molar-refractivity contribution in [3.8, 4) is 0 Å². The van der Waals surface area contributed by atoms with E-state index in [2.05, 4.69) is 10.3 Å². The van der Waals surface area contributed by atoms with E-state index in [0.717, 1.165) is 10.9 Å². The minimum atomic E-state index is -0.266. The second-order valence-electron chi connectivity index (χ2n) is 5.22. The number of oxazole rings is 1. The summed E-state index contributed by atoms with van der Waals surface area (Å²) in [6.07, 6.45) is 3.53. The smallest absolute Gasteiger partial charge is 0.268 e. The lowest BCUT2D eigenvalue weighted by Gasteiger charge is -2.11. The molecule has 0 fully saturated rings. The van der Waals surface area contributed by atoms with Gasteiger partial charge in [0.15, 0.2) is 0 Å². The van der Waals surface area contributed by atoms with Crippen molar-refractivity contribution in [3.63, 3.8) is 0 Å². The van der Waals surface area contributed by atoms with Gasteiger partial charge < -0.3 is 14.3 Å². The highest BCUT2D eigenvalue weighted by atomic mass is 35.5. The summed E-state index contributed by atoms with van der Waals surface area (Å²) < 4.78 is 7.38. The number of aromatic nitrogens is 2. The van der Waals surface area contributed by atoms with Gasteiger partial charge in [0.1, 0.15) is 11.5 Å². The quantitative estimate of drug-likeness (QED) is 0.722. The average molecular weight is 350 g/mol. The molecule has 0 aliphatic rings. The SMILES string of the molecule is CSc1ncc(C(C)NC(=O)c2cc3ccc(Cl)cc3n2C)o1. The standard InChI is InChI=1S/C16H16ClN3O2S/c1-9(14-8-18-16(22-14)23-3)19-15(21)13-6-10-4-5-11(17)7-12(10)20(13)2/h4-9H,1-3H3,(H,19,21). The van der Waals surface area contributed by atoms with Gasteiger partial charge in [-0.05, 0) is 31.4 Å². The number of thioether (sulfide) groups is 1. The maximum atomic E-state index is 12.5. The van der Waals surface area contributed by atoms with Crippen LogP contribution in [0.25, 0.3) is 10.9 Å². The number of fused-ring (bicyclic) bond motifs is 1. The minimum absolute atomic E-state index is 0.172. The van der Waals surface area contributed by atoms with Crippen LogP contribution in [0.5, 0.6) is 0 Å². The van der Waals surface area contributed by atoms with Gasteiger partial charge in [0.25, 0.3) is 11.1 Å². The molecule has 120 valence electrons. The summed E-state index contributed by atoms with van der Waals surface area (Å²) in [6, 6.07) is 7.14. The first-order valence-corrected chi connectivity index (χ1v) is 8.65. The summed E-state index contributed by atoms with van der Waals surface area (Å²) in [5.74, 6) is 0.457. The molecular weight excluding hydrogens is 334 g/mol. The van der Waals surface area contributed by atoms with Crippen molar-refractivity contribution in [1.29, 1.82) is 0 Å². The van der Waals surface area contributed by atoms with Crippen LogP contribution in [-0.2, 0) is 7.05 Å². The van der Waals surface area contributed by atoms with Crippen molar-refractivity contribution in [1.82, 2.24) is 14.9 Å². The fraction of sp³-hybridized carbons (Fsp3) is 0.250. The van der Waals surface area contributed by atoms with Crippen LogP contribution in [0.1, 0.15) is 29.2 Å². The van der Waals surface area contributed by atoms with Crippen LogP contribution in [0.4, 0.5) is 0 Å². The Bertz CT molecular complexity index is 871. The van der Waals surface area contributed by atoms with Crippen molar-refractivity contribution >= 4 is 40.2 Å². The lowest BCUT2D eigenvalue weighted by Crippen LogP contribution is -2.28. The molecule has 3 rings (SSSR count). The van der Waals surface area contributed by atoms with Crippen molar-refractivity contribution in [3.05, 3.63) is 46.9 Å². The molecule has 5 nitrogen and oxygen atoms in total. The zero-order chi connectivity index (χ0) is 16.6. The van der Waals surface area contributed by atoms with Gasteiger partial charge in [0.05, 0.1) is 12.2 Å². The Hall–Kier alpha value is -1.92. The Morgan fingerprint density at radius 3 is 2.91 bits per heavy atom. The van der Waals surface area contributed by atoms with Gasteiger partial charge in [-0.3, -0.25) is 4.79 Å². The molecule has 1 atom stereocenters. The number of nitrogens with zero attached hydrogens (tertiary/aromatic N) is 2. The molecule has 0 saturated carbocycles. The van der Waals surface area contributed by atoms with Gasteiger partial charge in [0.2, 0.25) is 0 Å². The van der Waals surface area contributed by atoms with Crippen molar-refractivity contribution in [2.75, 3.05) is 6.26 Å². The first-order valence-electron chi connectivity index (χ1n) is 7.05. The van der Waals surface area contributed by atoms with Crippen molar-refractivity contribution < 1.29 is 9.21 Å². The van der Waals surface area contributed by atoms with Crippen LogP contribution in [0.2, 0.25) is 5.02 Å². The number of carbonyl (C=O) groups is 1. The maximum Gasteiger partial charge on any atom is 0.268 e. The van der Waals surface area contributed by atoms with E-state index in [1.54, 1.807) is 6.20 Å². The van der Waals surface area contributed by atoms with Crippen LogP contribution in [0, 0.1) is 0 Å². The lowest BCUT2D eigenvalue weighted by molar-refractivity contribution is 0.0926. The number of halogens is 1. The molecule has 0 radical (unpaired) electrons. The molecule has 7 heteroatoms. The second-order valence-corrected chi connectivity index (χ2v) is 6.41. The third kappa shape index (κ3) is 3.09. The highest BCUT2D eigenvalue weighted by Gasteiger charge is 2.18. The highest BCUT2D eigenvalue weighted by molar-refractivity contribution is 7.98. The number of rotatable bonds is 4.